The zero-order valence-corrected chi connectivity index (χ0v) is 35.4. The van der Waals surface area contributed by atoms with Crippen LogP contribution in [0.3, 0.4) is 0 Å². The number of rotatable bonds is 8. The third-order valence-electron chi connectivity index (χ3n) is 14.5. The number of hydrogen-bond acceptors (Lipinski definition) is 12. The first-order valence-corrected chi connectivity index (χ1v) is 21.7. The number of piperazine rings is 2. The summed E-state index contributed by atoms with van der Waals surface area (Å²) in [5, 5.41) is 16.0. The average Bonchev–Trinajstić information content (AvgIpc) is 3.53. The van der Waals surface area contributed by atoms with Crippen molar-refractivity contribution in [2.45, 2.75) is 57.2 Å². The van der Waals surface area contributed by atoms with Crippen molar-refractivity contribution in [3.8, 4) is 11.8 Å². The quantitative estimate of drug-likeness (QED) is 0.248. The van der Waals surface area contributed by atoms with Crippen molar-refractivity contribution in [2.24, 2.45) is 5.41 Å². The highest BCUT2D eigenvalue weighted by molar-refractivity contribution is 6.23. The van der Waals surface area contributed by atoms with Crippen molar-refractivity contribution < 1.29 is 33.1 Å². The van der Waals surface area contributed by atoms with E-state index >= 15 is 4.39 Å². The number of nitrogens with one attached hydrogen (secondary N) is 2. The van der Waals surface area contributed by atoms with Crippen molar-refractivity contribution in [3.05, 3.63) is 94.4 Å². The molecule has 4 aromatic rings. The number of halogens is 1. The highest BCUT2D eigenvalue weighted by atomic mass is 19.1. The largest absolute Gasteiger partial charge is 0.488 e. The van der Waals surface area contributed by atoms with E-state index in [0.717, 1.165) is 73.9 Å². The molecule has 16 heteroatoms. The van der Waals surface area contributed by atoms with Crippen molar-refractivity contribution >= 4 is 51.8 Å². The van der Waals surface area contributed by atoms with Gasteiger partial charge in [-0.3, -0.25) is 49.0 Å². The van der Waals surface area contributed by atoms with Crippen molar-refractivity contribution in [1.82, 2.24) is 30.3 Å². The molecule has 4 fully saturated rings. The van der Waals surface area contributed by atoms with Crippen LogP contribution in [0, 0.1) is 22.6 Å². The first kappa shape index (κ1) is 40.6. The number of amides is 5. The van der Waals surface area contributed by atoms with Gasteiger partial charge in [-0.25, -0.2) is 4.39 Å². The molecule has 1 aliphatic carbocycles. The molecule has 15 nitrogen and oxygen atoms in total. The Labute approximate surface area is 363 Å². The van der Waals surface area contributed by atoms with Crippen LogP contribution < -0.4 is 25.2 Å². The van der Waals surface area contributed by atoms with Crippen LogP contribution in [0.25, 0.3) is 10.9 Å². The Kier molecular flexibility index (Phi) is 9.75. The summed E-state index contributed by atoms with van der Waals surface area (Å²) in [5.74, 6) is -2.16. The standard InChI is InChI=1S/C47H48FN9O6/c1-46(2)44(47(3)32-12-13-50-39-28(26-49)5-10-36(38(32)39)63-45(46)47)52-40(59)27-4-8-34(33(48)24-27)56-22-18-54(19-23-56)15-14-53-16-20-55(21-17-53)29-6-7-30-31(25-29)43(62)57(42(30)61)35-9-11-37(58)51-41(35)60/h4-8,10,12-13,24-25,35,44-45H,9,11,14-23H2,1-3H3,(H,52,59)(H,51,58,60)/t35?,44?,45-,47?/m0/s1. The Hall–Kier alpha value is -6.44. The van der Waals surface area contributed by atoms with Crippen molar-refractivity contribution in [1.29, 1.82) is 5.26 Å². The summed E-state index contributed by atoms with van der Waals surface area (Å²) >= 11 is 0. The molecular weight excluding hydrogens is 806 g/mol. The molecule has 5 amide bonds. The Balaban J connectivity index is 0.711. The van der Waals surface area contributed by atoms with E-state index in [1.54, 1.807) is 36.5 Å². The number of nitriles is 1. The SMILES string of the molecule is CC1(C)C(NC(=O)c2ccc(N3CCN(CCN4CCN(c5ccc6c(c5)C(=O)N(C5CCC(=O)NC5=O)C6=O)CC4)CC3)c(F)c2)C2(C)c3ccnc4c(C#N)ccc(c34)O[C@@H]12. The molecule has 0 radical (unpaired) electrons. The fourth-order valence-electron chi connectivity index (χ4n) is 11.2. The number of hydrogen-bond donors (Lipinski definition) is 2. The lowest BCUT2D eigenvalue weighted by atomic mass is 9.45. The highest BCUT2D eigenvalue weighted by Gasteiger charge is 2.69. The van der Waals surface area contributed by atoms with E-state index < -0.39 is 46.3 Å². The van der Waals surface area contributed by atoms with Gasteiger partial charge in [0.05, 0.1) is 39.4 Å². The molecule has 3 saturated heterocycles. The van der Waals surface area contributed by atoms with Crippen LogP contribution in [0.5, 0.6) is 5.75 Å². The van der Waals surface area contributed by atoms with Crippen LogP contribution in [0.4, 0.5) is 15.8 Å². The number of ether oxygens (including phenoxy) is 1. The molecule has 0 spiro atoms. The molecule has 6 heterocycles. The van der Waals surface area contributed by atoms with E-state index in [4.69, 9.17) is 4.74 Å². The number of nitrogens with zero attached hydrogens (tertiary/aromatic N) is 7. The van der Waals surface area contributed by atoms with Gasteiger partial charge in [0.25, 0.3) is 17.7 Å². The molecule has 63 heavy (non-hydrogen) atoms. The van der Waals surface area contributed by atoms with Crippen molar-refractivity contribution in [2.75, 3.05) is 75.2 Å². The van der Waals surface area contributed by atoms with Gasteiger partial charge in [0.1, 0.15) is 29.8 Å². The van der Waals surface area contributed by atoms with Crippen LogP contribution in [0.2, 0.25) is 0 Å². The van der Waals surface area contributed by atoms with Gasteiger partial charge in [0, 0.05) is 100 Å². The molecule has 2 N–H and O–H groups in total. The predicted molar refractivity (Wildman–Crippen MR) is 230 cm³/mol. The summed E-state index contributed by atoms with van der Waals surface area (Å²) < 4.78 is 22.4. The normalized spacial score (nSPS) is 25.5. The minimum absolute atomic E-state index is 0.0757. The lowest BCUT2D eigenvalue weighted by molar-refractivity contribution is -0.136. The number of piperidine rings is 1. The van der Waals surface area contributed by atoms with Gasteiger partial charge in [0.15, 0.2) is 0 Å². The van der Waals surface area contributed by atoms with Crippen LogP contribution in [-0.4, -0.2) is 133 Å². The maximum Gasteiger partial charge on any atom is 0.262 e. The van der Waals surface area contributed by atoms with Gasteiger partial charge in [-0.05, 0) is 73.5 Å². The van der Waals surface area contributed by atoms with E-state index in [1.807, 2.05) is 23.1 Å². The monoisotopic (exact) mass is 853 g/mol. The minimum Gasteiger partial charge on any atom is -0.488 e. The average molecular weight is 854 g/mol. The van der Waals surface area contributed by atoms with Crippen molar-refractivity contribution in [3.63, 3.8) is 0 Å². The Bertz CT molecular complexity index is 2670. The molecule has 3 unspecified atom stereocenters. The number of carbonyl (C=O) groups excluding carboxylic acids is 5. The number of aromatic nitrogens is 1. The molecule has 10 rings (SSSR count). The first-order valence-electron chi connectivity index (χ1n) is 21.7. The summed E-state index contributed by atoms with van der Waals surface area (Å²) in [5.41, 5.74) is 3.09. The second kappa shape index (κ2) is 15.1. The Morgan fingerprint density at radius 3 is 2.27 bits per heavy atom. The van der Waals surface area contributed by atoms with Crippen LogP contribution in [0.15, 0.2) is 60.8 Å². The summed E-state index contributed by atoms with van der Waals surface area (Å²) in [7, 11) is 0. The number of imide groups is 2. The molecule has 1 aromatic heterocycles. The second-order valence-electron chi connectivity index (χ2n) is 18.3. The lowest BCUT2D eigenvalue weighted by Gasteiger charge is -2.66. The summed E-state index contributed by atoms with van der Waals surface area (Å²) in [6, 6.07) is 16.4. The zero-order valence-electron chi connectivity index (χ0n) is 35.4. The molecule has 4 atom stereocenters. The maximum absolute atomic E-state index is 15.8. The van der Waals surface area contributed by atoms with Crippen LogP contribution >= 0.6 is 0 Å². The smallest absolute Gasteiger partial charge is 0.262 e. The zero-order chi connectivity index (χ0) is 43.9. The van der Waals surface area contributed by atoms with Gasteiger partial charge in [-0.2, -0.15) is 5.26 Å². The second-order valence-corrected chi connectivity index (χ2v) is 18.3. The third-order valence-corrected chi connectivity index (χ3v) is 14.5. The summed E-state index contributed by atoms with van der Waals surface area (Å²) in [4.78, 5) is 78.9. The first-order chi connectivity index (χ1) is 30.3. The molecular formula is C47H48FN9O6. The van der Waals surface area contributed by atoms with E-state index in [-0.39, 0.29) is 47.6 Å². The van der Waals surface area contributed by atoms with Gasteiger partial charge < -0.3 is 19.9 Å². The Morgan fingerprint density at radius 1 is 0.889 bits per heavy atom. The van der Waals surface area contributed by atoms with E-state index in [0.29, 0.717) is 35.6 Å². The molecule has 5 aliphatic heterocycles. The molecule has 1 saturated carbocycles. The van der Waals surface area contributed by atoms with Crippen LogP contribution in [-0.2, 0) is 15.0 Å². The molecule has 324 valence electrons. The predicted octanol–water partition coefficient (Wildman–Crippen LogP) is 3.45. The number of carbonyl (C=O) groups is 5. The van der Waals surface area contributed by atoms with Gasteiger partial charge >= 0.3 is 0 Å². The highest BCUT2D eigenvalue weighted by Crippen LogP contribution is 2.61. The molecule has 3 aromatic carbocycles. The van der Waals surface area contributed by atoms with E-state index in [9.17, 15) is 29.2 Å². The van der Waals surface area contributed by atoms with E-state index in [1.165, 1.54) is 6.07 Å². The number of fused-ring (bicyclic) bond motifs is 3. The number of pyridine rings is 1. The summed E-state index contributed by atoms with van der Waals surface area (Å²) in [6.07, 6.45) is 1.66. The molecule has 0 bridgehead atoms. The maximum atomic E-state index is 15.8. The van der Waals surface area contributed by atoms with Gasteiger partial charge in [0.2, 0.25) is 11.8 Å². The minimum atomic E-state index is -0.993. The van der Waals surface area contributed by atoms with Crippen LogP contribution in [0.1, 0.15) is 75.8 Å². The topological polar surface area (TPSA) is 172 Å². The van der Waals surface area contributed by atoms with Gasteiger partial charge in [-0.15, -0.1) is 0 Å². The number of anilines is 2. The fourth-order valence-corrected chi connectivity index (χ4v) is 11.2. The molecule has 6 aliphatic rings. The lowest BCUT2D eigenvalue weighted by Crippen LogP contribution is -2.78. The fraction of sp³-hybridized carbons (Fsp3) is 0.426. The number of benzene rings is 3. The third kappa shape index (κ3) is 6.50. The summed E-state index contributed by atoms with van der Waals surface area (Å²) in [6.45, 7) is 14.0. The Morgan fingerprint density at radius 2 is 1.59 bits per heavy atom. The van der Waals surface area contributed by atoms with E-state index in [2.05, 4.69) is 57.2 Å². The van der Waals surface area contributed by atoms with Gasteiger partial charge in [-0.1, -0.05) is 13.8 Å².